The van der Waals surface area contributed by atoms with Gasteiger partial charge >= 0.3 is 23.7 Å². The van der Waals surface area contributed by atoms with Crippen molar-refractivity contribution >= 4 is 11.6 Å². The van der Waals surface area contributed by atoms with Crippen molar-refractivity contribution in [1.29, 1.82) is 0 Å². The molecule has 0 saturated carbocycles. The van der Waals surface area contributed by atoms with Gasteiger partial charge in [-0.05, 0) is 0 Å². The summed E-state index contributed by atoms with van der Waals surface area (Å²) in [6.07, 6.45) is -3.16. The van der Waals surface area contributed by atoms with Crippen molar-refractivity contribution in [3.8, 4) is 6.01 Å². The van der Waals surface area contributed by atoms with Crippen molar-refractivity contribution < 1.29 is 22.3 Å². The maximum atomic E-state index is 12.1. The number of rotatable bonds is 2. The maximum absolute atomic E-state index is 12.1. The van der Waals surface area contributed by atoms with Gasteiger partial charge < -0.3 is 4.74 Å². The fraction of sp³-hybridized carbons (Fsp3) is 0.250. The monoisotopic (exact) mass is 217 g/mol. The van der Waals surface area contributed by atoms with Gasteiger partial charge in [0.25, 0.3) is 0 Å². The highest BCUT2D eigenvalue weighted by atomic mass is 35.5. The number of halogens is 5. The van der Waals surface area contributed by atoms with E-state index in [9.17, 15) is 17.6 Å². The lowest BCUT2D eigenvalue weighted by Crippen LogP contribution is -2.18. The van der Waals surface area contributed by atoms with Crippen LogP contribution in [0.5, 0.6) is 6.01 Å². The average molecular weight is 218 g/mol. The third-order valence-corrected chi connectivity index (χ3v) is 0.844. The van der Waals surface area contributed by atoms with Crippen LogP contribution in [-0.2, 0) is 0 Å². The van der Waals surface area contributed by atoms with Crippen molar-refractivity contribution in [1.82, 2.24) is 15.0 Å². The van der Waals surface area contributed by atoms with E-state index in [0.717, 1.165) is 0 Å². The lowest BCUT2D eigenvalue weighted by Gasteiger charge is -2.07. The molecule has 0 aliphatic rings. The molecule has 4 nitrogen and oxygen atoms in total. The molecule has 1 rings (SSSR count). The van der Waals surface area contributed by atoms with Crippen LogP contribution in [0.2, 0.25) is 0 Å². The molecule has 0 aliphatic heterocycles. The lowest BCUT2D eigenvalue weighted by molar-refractivity contribution is -0.103. The first kappa shape index (κ1) is 9.90. The Morgan fingerprint density at radius 3 is 1.92 bits per heavy atom. The molecule has 1 aromatic rings. The zero-order valence-corrected chi connectivity index (χ0v) is 6.40. The molecule has 0 aliphatic carbocycles. The predicted octanol–water partition coefficient (Wildman–Crippen LogP) is 1.32. The average Bonchev–Trinajstić information content (AvgIpc) is 1.78. The number of ether oxygens (including phenoxy) is 1. The Kier molecular flexibility index (Phi) is 2.50. The Hall–Kier alpha value is -1.18. The van der Waals surface area contributed by atoms with Gasteiger partial charge in [0.2, 0.25) is 0 Å². The molecule has 13 heavy (non-hydrogen) atoms. The Labute approximate surface area is 73.5 Å². The molecule has 0 saturated heterocycles. The number of hydrogen-bond donors (Lipinski definition) is 0. The van der Waals surface area contributed by atoms with Crippen LogP contribution in [0.4, 0.5) is 17.6 Å². The van der Waals surface area contributed by atoms with E-state index in [4.69, 9.17) is 0 Å². The fourth-order valence-electron chi connectivity index (χ4n) is 0.458. The number of aromatic nitrogens is 3. The Bertz CT molecular complexity index is 296. The molecule has 0 fully saturated rings. The summed E-state index contributed by atoms with van der Waals surface area (Å²) in [4.78, 5) is 7.65. The summed E-state index contributed by atoms with van der Waals surface area (Å²) in [6, 6.07) is -1.23. The summed E-state index contributed by atoms with van der Waals surface area (Å²) in [5.74, 6) is 0. The van der Waals surface area contributed by atoms with E-state index in [1.807, 2.05) is 0 Å². The second-order valence-electron chi connectivity index (χ2n) is 1.70. The maximum Gasteiger partial charge on any atom is 0.489 e. The molecule has 0 aromatic carbocycles. The highest BCUT2D eigenvalue weighted by molar-refractivity contribution is 6.20. The van der Waals surface area contributed by atoms with Gasteiger partial charge in [0.05, 0.1) is 0 Å². The Morgan fingerprint density at radius 2 is 1.54 bits per heavy atom. The summed E-state index contributed by atoms with van der Waals surface area (Å²) < 4.78 is 51.5. The molecule has 72 valence electrons. The van der Waals surface area contributed by atoms with Crippen LogP contribution in [0, 0.1) is 12.2 Å². The predicted molar refractivity (Wildman–Crippen MR) is 31.2 cm³/mol. The summed E-state index contributed by atoms with van der Waals surface area (Å²) in [7, 11) is 0. The summed E-state index contributed by atoms with van der Waals surface area (Å²) >= 11 is 4.27. The van der Waals surface area contributed by atoms with Gasteiger partial charge in [-0.2, -0.15) is 13.8 Å². The molecule has 0 spiro atoms. The third-order valence-electron chi connectivity index (χ3n) is 0.767. The van der Waals surface area contributed by atoms with E-state index in [2.05, 4.69) is 31.3 Å². The van der Waals surface area contributed by atoms with Gasteiger partial charge in [-0.15, -0.1) is 18.7 Å². The van der Waals surface area contributed by atoms with E-state index < -0.39 is 23.7 Å². The molecule has 0 atom stereocenters. The van der Waals surface area contributed by atoms with E-state index in [1.165, 1.54) is 0 Å². The van der Waals surface area contributed by atoms with E-state index >= 15 is 0 Å². The largest absolute Gasteiger partial charge is 0.489 e. The topological polar surface area (TPSA) is 47.9 Å². The minimum absolute atomic E-state index is 1.23. The standard InChI is InChI=1S/C4ClF4N3O/c5-4(8,9)13-3-11-1(6)10-2(7)12-3. The van der Waals surface area contributed by atoms with Gasteiger partial charge in [-0.1, -0.05) is 0 Å². The molecule has 0 radical (unpaired) electrons. The third kappa shape index (κ3) is 3.36. The molecular weight excluding hydrogens is 218 g/mol. The molecule has 0 bridgehead atoms. The fourth-order valence-corrected chi connectivity index (χ4v) is 0.527. The molecule has 9 heteroatoms. The minimum atomic E-state index is -4.12. The second kappa shape index (κ2) is 3.29. The van der Waals surface area contributed by atoms with Gasteiger partial charge in [-0.3, -0.25) is 0 Å². The molecule has 1 aromatic heterocycles. The first-order valence-electron chi connectivity index (χ1n) is 2.69. The van der Waals surface area contributed by atoms with Crippen LogP contribution in [0.1, 0.15) is 0 Å². The second-order valence-corrected chi connectivity index (χ2v) is 2.14. The van der Waals surface area contributed by atoms with Gasteiger partial charge in [-0.25, -0.2) is 0 Å². The smallest absolute Gasteiger partial charge is 0.385 e. The molecular formula is C4ClF4N3O. The highest BCUT2D eigenvalue weighted by Crippen LogP contribution is 2.21. The van der Waals surface area contributed by atoms with E-state index in [1.54, 1.807) is 0 Å². The SMILES string of the molecule is Fc1nc(F)nc(OC(F)(F)Cl)n1. The van der Waals surface area contributed by atoms with Crippen molar-refractivity contribution in [3.05, 3.63) is 12.2 Å². The van der Waals surface area contributed by atoms with Crippen molar-refractivity contribution in [2.24, 2.45) is 0 Å². The summed E-state index contributed by atoms with van der Waals surface area (Å²) in [6.45, 7) is 0. The first-order chi connectivity index (χ1) is 5.87. The van der Waals surface area contributed by atoms with Crippen LogP contribution in [0.15, 0.2) is 0 Å². The Morgan fingerprint density at radius 1 is 1.08 bits per heavy atom. The molecule has 0 unspecified atom stereocenters. The van der Waals surface area contributed by atoms with Crippen LogP contribution in [0.3, 0.4) is 0 Å². The number of hydrogen-bond acceptors (Lipinski definition) is 4. The lowest BCUT2D eigenvalue weighted by atomic mass is 11.0. The van der Waals surface area contributed by atoms with E-state index in [0.29, 0.717) is 0 Å². The van der Waals surface area contributed by atoms with Crippen molar-refractivity contribution in [2.75, 3.05) is 0 Å². The van der Waals surface area contributed by atoms with Crippen LogP contribution >= 0.6 is 11.6 Å². The zero-order chi connectivity index (χ0) is 10.1. The number of nitrogens with zero attached hydrogens (tertiary/aromatic N) is 3. The first-order valence-corrected chi connectivity index (χ1v) is 3.07. The quantitative estimate of drug-likeness (QED) is 0.554. The highest BCUT2D eigenvalue weighted by Gasteiger charge is 2.29. The van der Waals surface area contributed by atoms with Gasteiger partial charge in [0.15, 0.2) is 0 Å². The molecule has 1 heterocycles. The normalized spacial score (nSPS) is 11.5. The number of alkyl halides is 3. The van der Waals surface area contributed by atoms with Crippen LogP contribution in [-0.4, -0.2) is 20.5 Å². The van der Waals surface area contributed by atoms with Gasteiger partial charge in [0, 0.05) is 11.6 Å². The molecule has 0 N–H and O–H groups in total. The summed E-state index contributed by atoms with van der Waals surface area (Å²) in [5.41, 5.74) is -4.12. The zero-order valence-electron chi connectivity index (χ0n) is 5.64. The van der Waals surface area contributed by atoms with Crippen molar-refractivity contribution in [3.63, 3.8) is 0 Å². The summed E-state index contributed by atoms with van der Waals surface area (Å²) in [5, 5.41) is 0. The van der Waals surface area contributed by atoms with E-state index in [-0.39, 0.29) is 0 Å². The molecule has 0 amide bonds. The minimum Gasteiger partial charge on any atom is -0.385 e. The van der Waals surface area contributed by atoms with Crippen molar-refractivity contribution in [2.45, 2.75) is 5.57 Å². The van der Waals surface area contributed by atoms with Crippen LogP contribution < -0.4 is 4.74 Å². The Balaban J connectivity index is 2.90. The van der Waals surface area contributed by atoms with Gasteiger partial charge in [0.1, 0.15) is 0 Å². The van der Waals surface area contributed by atoms with Crippen LogP contribution in [0.25, 0.3) is 0 Å².